The highest BCUT2D eigenvalue weighted by Gasteiger charge is 2.68. The number of allylic oxidation sites excluding steroid dienone is 2. The maximum absolute atomic E-state index is 7.52. The van der Waals surface area contributed by atoms with Gasteiger partial charge in [-0.15, -0.1) is 0 Å². The predicted octanol–water partition coefficient (Wildman–Crippen LogP) is 13.5. The van der Waals surface area contributed by atoms with Gasteiger partial charge in [-0.25, -0.2) is 0 Å². The summed E-state index contributed by atoms with van der Waals surface area (Å²) in [5.41, 5.74) is 9.76. The van der Waals surface area contributed by atoms with Crippen LogP contribution in [-0.4, -0.2) is 68.5 Å². The van der Waals surface area contributed by atoms with E-state index < -0.39 is 0 Å². The average Bonchev–Trinajstić information content (AvgIpc) is 4.28. The second-order valence-corrected chi connectivity index (χ2v) is 25.6. The van der Waals surface area contributed by atoms with E-state index in [4.69, 9.17) is 9.47 Å². The molecule has 6 nitrogen and oxygen atoms in total. The number of pyridine rings is 2. The van der Waals surface area contributed by atoms with Gasteiger partial charge in [-0.2, -0.15) is 0 Å². The van der Waals surface area contributed by atoms with Gasteiger partial charge in [0.25, 0.3) is 0 Å². The smallest absolute Gasteiger partial charge is 0.0974 e. The van der Waals surface area contributed by atoms with Crippen molar-refractivity contribution in [3.8, 4) is 0 Å². The molecule has 16 rings (SSSR count). The second kappa shape index (κ2) is 15.1. The summed E-state index contributed by atoms with van der Waals surface area (Å²) in [6.45, 7) is 5.17. The third-order valence-corrected chi connectivity index (χ3v) is 22.2. The van der Waals surface area contributed by atoms with Crippen molar-refractivity contribution < 1.29 is 9.47 Å². The highest BCUT2D eigenvalue weighted by Crippen LogP contribution is 2.71. The van der Waals surface area contributed by atoms with Crippen LogP contribution in [0.25, 0.3) is 21.5 Å². The van der Waals surface area contributed by atoms with Crippen LogP contribution in [0.5, 0.6) is 0 Å². The van der Waals surface area contributed by atoms with Crippen LogP contribution >= 0.6 is 0 Å². The van der Waals surface area contributed by atoms with Crippen LogP contribution < -0.4 is 5.32 Å². The maximum Gasteiger partial charge on any atom is 0.0974 e. The molecule has 12 atom stereocenters. The molecule has 69 heavy (non-hydrogen) atoms. The highest BCUT2D eigenvalue weighted by molar-refractivity contribution is 5.83. The largest absolute Gasteiger partial charge is 0.359 e. The van der Waals surface area contributed by atoms with Gasteiger partial charge in [0, 0.05) is 59.7 Å². The van der Waals surface area contributed by atoms with E-state index in [2.05, 4.69) is 114 Å². The number of aromatic nitrogens is 2. The summed E-state index contributed by atoms with van der Waals surface area (Å²) in [6, 6.07) is 21.4. The summed E-state index contributed by atoms with van der Waals surface area (Å²) in [6.07, 6.45) is 43.6. The molecular weight excluding hydrogens is 845 g/mol. The van der Waals surface area contributed by atoms with Crippen molar-refractivity contribution in [2.24, 2.45) is 22.7 Å². The monoisotopic (exact) mass is 919 g/mol. The fourth-order valence-corrected chi connectivity index (χ4v) is 18.4. The van der Waals surface area contributed by atoms with E-state index in [1.165, 1.54) is 167 Å². The number of rotatable bonds is 6. The molecule has 4 bridgehead atoms. The molecule has 12 aliphatic rings. The molecule has 8 fully saturated rings. The SMILES string of the molecule is CN(C1CC1)[C@H]1CCC2=CC3=CC[C@]4(C)[C@@H](c5ccc6ccncc6c5)CC[C@H]4C34CC[C@]2(C1)O4.C[C@]12CC=C3C=C4CC[C@H](NC5CC5)C[C@]45CCC3(O5)[C@@H]1CC[C@@H]2c1ccc2ccncc2c1. The molecule has 0 radical (unpaired) electrons. The Kier molecular flexibility index (Phi) is 9.32. The first kappa shape index (κ1) is 42.7. The predicted molar refractivity (Wildman–Crippen MR) is 276 cm³/mol. The number of hydrogen-bond donors (Lipinski definition) is 1. The minimum atomic E-state index is -0.0519. The molecule has 0 amide bonds. The lowest BCUT2D eigenvalue weighted by Crippen LogP contribution is -2.55. The standard InChI is InChI=1S/C32H38N2O.C31H36N2O/c1-30-13-11-25-18-24-5-6-27(34(2)26-7-8-26)19-31(24)14-15-32(25,35-31)29(30)10-9-28(30)22-4-3-21-12-16-33-20-23(21)17-22;1-29-12-10-24-17-23-4-5-26(33-25-6-7-25)18-30(23)13-14-31(24,34-30)28(29)9-8-27(29)21-3-2-20-11-15-32-19-22(20)16-21/h3-4,11-12,16-18,20,26-29H,5-10,13-15,19H2,1-2H3;2-3,10-11,15-17,19,25-28,33H,4-9,12-14,18H2,1H3/t27-,28+,29+,30+,31+,32?;26-,27+,28+,29+,30+,31?/m00/s1. The molecule has 6 heterocycles. The normalized spacial score (nSPS) is 42.2. The number of nitrogens with one attached hydrogen (secondary N) is 1. The lowest BCUT2D eigenvalue weighted by Gasteiger charge is -2.55. The lowest BCUT2D eigenvalue weighted by molar-refractivity contribution is -0.140. The van der Waals surface area contributed by atoms with Crippen molar-refractivity contribution in [2.75, 3.05) is 7.05 Å². The third kappa shape index (κ3) is 6.29. The van der Waals surface area contributed by atoms with Crippen molar-refractivity contribution >= 4 is 21.5 Å². The molecular formula is C63H74N4O2. The van der Waals surface area contributed by atoms with Gasteiger partial charge in [0.05, 0.1) is 22.4 Å². The Hall–Kier alpha value is -3.94. The van der Waals surface area contributed by atoms with Crippen molar-refractivity contribution in [1.82, 2.24) is 20.2 Å². The molecule has 6 saturated carbocycles. The topological polar surface area (TPSA) is 59.5 Å². The summed E-state index contributed by atoms with van der Waals surface area (Å²) >= 11 is 0. The van der Waals surface area contributed by atoms with E-state index in [0.717, 1.165) is 12.1 Å². The van der Waals surface area contributed by atoms with Gasteiger partial charge in [-0.1, -0.05) is 62.4 Å². The van der Waals surface area contributed by atoms with E-state index in [-0.39, 0.29) is 33.2 Å². The molecule has 4 aromatic rings. The lowest BCUT2D eigenvalue weighted by atomic mass is 9.58. The number of benzene rings is 2. The van der Waals surface area contributed by atoms with E-state index in [9.17, 15) is 0 Å². The number of ether oxygens (including phenoxy) is 2. The van der Waals surface area contributed by atoms with E-state index >= 15 is 0 Å². The molecule has 4 aliphatic heterocycles. The van der Waals surface area contributed by atoms with Gasteiger partial charge in [0.2, 0.25) is 0 Å². The first-order valence-corrected chi connectivity index (χ1v) is 28.0. The molecule has 1 N–H and O–H groups in total. The van der Waals surface area contributed by atoms with Gasteiger partial charge in [-0.3, -0.25) is 9.97 Å². The number of nitrogens with zero attached hydrogens (tertiary/aromatic N) is 3. The van der Waals surface area contributed by atoms with Crippen molar-refractivity contribution in [3.63, 3.8) is 0 Å². The Morgan fingerprint density at radius 2 is 1.10 bits per heavy atom. The van der Waals surface area contributed by atoms with Crippen molar-refractivity contribution in [1.29, 1.82) is 0 Å². The molecule has 6 heteroatoms. The Morgan fingerprint density at radius 3 is 1.65 bits per heavy atom. The molecule has 2 saturated heterocycles. The molecule has 2 aromatic heterocycles. The summed E-state index contributed by atoms with van der Waals surface area (Å²) in [5, 5.41) is 9.08. The van der Waals surface area contributed by atoms with Gasteiger partial charge >= 0.3 is 0 Å². The molecule has 2 unspecified atom stereocenters. The summed E-state index contributed by atoms with van der Waals surface area (Å²) in [5.74, 6) is 2.41. The Labute approximate surface area is 410 Å². The Balaban J connectivity index is 0.000000125. The fourth-order valence-electron chi connectivity index (χ4n) is 18.4. The molecule has 4 spiro atoms. The van der Waals surface area contributed by atoms with Gasteiger partial charge in [-0.05, 0) is 238 Å². The Morgan fingerprint density at radius 1 is 0.551 bits per heavy atom. The van der Waals surface area contributed by atoms with Crippen molar-refractivity contribution in [2.45, 2.75) is 201 Å². The quantitative estimate of drug-likeness (QED) is 0.208. The van der Waals surface area contributed by atoms with Crippen LogP contribution in [0.2, 0.25) is 0 Å². The first-order chi connectivity index (χ1) is 33.6. The van der Waals surface area contributed by atoms with Gasteiger partial charge in [0.1, 0.15) is 0 Å². The minimum Gasteiger partial charge on any atom is -0.359 e. The van der Waals surface area contributed by atoms with E-state index in [1.807, 2.05) is 24.8 Å². The van der Waals surface area contributed by atoms with Crippen LogP contribution in [0.3, 0.4) is 0 Å². The molecule has 358 valence electrons. The van der Waals surface area contributed by atoms with Crippen LogP contribution in [0.4, 0.5) is 0 Å². The van der Waals surface area contributed by atoms with Gasteiger partial charge in [0.15, 0.2) is 0 Å². The first-order valence-electron chi connectivity index (χ1n) is 28.0. The zero-order valence-electron chi connectivity index (χ0n) is 41.7. The average molecular weight is 919 g/mol. The summed E-state index contributed by atoms with van der Waals surface area (Å²) < 4.78 is 15.0. The second-order valence-electron chi connectivity index (χ2n) is 25.6. The zero-order valence-corrected chi connectivity index (χ0v) is 41.7. The molecule has 2 aromatic carbocycles. The van der Waals surface area contributed by atoms with E-state index in [1.54, 1.807) is 16.7 Å². The maximum atomic E-state index is 7.52. The highest BCUT2D eigenvalue weighted by atomic mass is 16.5. The third-order valence-electron chi connectivity index (χ3n) is 22.2. The van der Waals surface area contributed by atoms with Gasteiger partial charge < -0.3 is 19.7 Å². The zero-order chi connectivity index (χ0) is 46.0. The number of hydrogen-bond acceptors (Lipinski definition) is 6. The minimum absolute atomic E-state index is 0.00705. The van der Waals surface area contributed by atoms with Crippen LogP contribution in [0.15, 0.2) is 120 Å². The van der Waals surface area contributed by atoms with Crippen LogP contribution in [0, 0.1) is 22.7 Å². The number of fused-ring (bicyclic) bond motifs is 4. The summed E-state index contributed by atoms with van der Waals surface area (Å²) in [7, 11) is 2.38. The Bertz CT molecular complexity index is 2910. The fraction of sp³-hybridized carbons (Fsp3) is 0.587. The van der Waals surface area contributed by atoms with E-state index in [0.29, 0.717) is 35.8 Å². The van der Waals surface area contributed by atoms with Crippen molar-refractivity contribution in [3.05, 3.63) is 131 Å². The van der Waals surface area contributed by atoms with Crippen LogP contribution in [0.1, 0.15) is 165 Å². The summed E-state index contributed by atoms with van der Waals surface area (Å²) in [4.78, 5) is 11.5. The molecule has 8 aliphatic carbocycles. The van der Waals surface area contributed by atoms with Crippen LogP contribution in [-0.2, 0) is 9.47 Å².